The lowest BCUT2D eigenvalue weighted by molar-refractivity contribution is -0.161. The summed E-state index contributed by atoms with van der Waals surface area (Å²) in [6, 6.07) is 28.4. The minimum absolute atomic E-state index is 0.0861. The number of benzene rings is 4. The van der Waals surface area contributed by atoms with Gasteiger partial charge in [-0.1, -0.05) is 111 Å². The molecule has 1 amide bonds. The summed E-state index contributed by atoms with van der Waals surface area (Å²) in [7, 11) is 1.64. The first kappa shape index (κ1) is 40.6. The second kappa shape index (κ2) is 20.2. The summed E-state index contributed by atoms with van der Waals surface area (Å²) >= 11 is 0. The molecule has 4 aromatic carbocycles. The van der Waals surface area contributed by atoms with Crippen LogP contribution in [0.1, 0.15) is 94.0 Å². The number of phenols is 1. The third-order valence-electron chi connectivity index (χ3n) is 9.80. The molecule has 5 rings (SSSR count). The van der Waals surface area contributed by atoms with Gasteiger partial charge in [-0.3, -0.25) is 9.59 Å². The molecular formula is C44H52N4O7. The van der Waals surface area contributed by atoms with Crippen LogP contribution in [-0.4, -0.2) is 57.1 Å². The summed E-state index contributed by atoms with van der Waals surface area (Å²) < 4.78 is 18.9. The average molecular weight is 749 g/mol. The second-order valence-electron chi connectivity index (χ2n) is 13.9. The number of ether oxygens (including phenoxy) is 3. The van der Waals surface area contributed by atoms with Gasteiger partial charge in [-0.2, -0.15) is 0 Å². The fourth-order valence-corrected chi connectivity index (χ4v) is 6.48. The Labute approximate surface area is 323 Å². The van der Waals surface area contributed by atoms with Gasteiger partial charge in [0.1, 0.15) is 29.7 Å². The molecule has 0 bridgehead atoms. The van der Waals surface area contributed by atoms with Crippen LogP contribution in [0.3, 0.4) is 0 Å². The minimum Gasteiger partial charge on any atom is -0.508 e. The van der Waals surface area contributed by atoms with Gasteiger partial charge in [0.25, 0.3) is 5.91 Å². The maximum absolute atomic E-state index is 15.1. The van der Waals surface area contributed by atoms with Crippen LogP contribution in [0.25, 0.3) is 11.0 Å². The van der Waals surface area contributed by atoms with E-state index in [-0.39, 0.29) is 29.5 Å². The van der Waals surface area contributed by atoms with Crippen molar-refractivity contribution in [1.29, 1.82) is 0 Å². The number of nitrogens with one attached hydrogen (secondary N) is 1. The Hall–Kier alpha value is -5.55. The quantitative estimate of drug-likeness (QED) is 0.0307. The van der Waals surface area contributed by atoms with E-state index in [4.69, 9.17) is 14.2 Å². The molecule has 290 valence electrons. The van der Waals surface area contributed by atoms with E-state index in [2.05, 4.69) is 22.6 Å². The highest BCUT2D eigenvalue weighted by atomic mass is 16.5. The van der Waals surface area contributed by atoms with Gasteiger partial charge >= 0.3 is 11.5 Å². The number of esters is 1. The normalized spacial score (nSPS) is 13.4. The molecule has 1 heterocycles. The van der Waals surface area contributed by atoms with Crippen LogP contribution in [0.5, 0.6) is 11.5 Å². The standard InChI is InChI=1S/C44H52N4O7/c1-4-5-6-7-8-9-16-21-37(27-22-32(2)53-3)55-43(52)44(41(50)34-17-12-10-13-18-34,42(51)45-35-19-14-11-15-20-35)48-40-29-28-38(30-39(40)46-47-48)54-31-33-23-25-36(49)26-24-33/h10-15,17-20,23-26,28-30,32,37,49H,4-9,16,21-22,27,31H2,1-3H3,(H,45,51). The van der Waals surface area contributed by atoms with Crippen molar-refractivity contribution >= 4 is 34.4 Å². The van der Waals surface area contributed by atoms with E-state index in [9.17, 15) is 14.7 Å². The van der Waals surface area contributed by atoms with E-state index < -0.39 is 29.3 Å². The van der Waals surface area contributed by atoms with Crippen molar-refractivity contribution < 1.29 is 33.7 Å². The summed E-state index contributed by atoms with van der Waals surface area (Å²) in [5.74, 6) is -2.19. The van der Waals surface area contributed by atoms with Crippen LogP contribution in [0, 0.1) is 0 Å². The maximum Gasteiger partial charge on any atom is 0.352 e. The lowest BCUT2D eigenvalue weighted by atomic mass is 9.87. The first-order valence-electron chi connectivity index (χ1n) is 19.2. The Morgan fingerprint density at radius 1 is 0.818 bits per heavy atom. The van der Waals surface area contributed by atoms with Gasteiger partial charge in [-0.25, -0.2) is 9.48 Å². The second-order valence-corrected chi connectivity index (χ2v) is 13.9. The van der Waals surface area contributed by atoms with Gasteiger partial charge in [0.15, 0.2) is 0 Å². The Morgan fingerprint density at radius 2 is 1.49 bits per heavy atom. The number of aromatic hydroxyl groups is 1. The van der Waals surface area contributed by atoms with Gasteiger partial charge in [0.2, 0.25) is 5.78 Å². The highest BCUT2D eigenvalue weighted by Crippen LogP contribution is 2.33. The van der Waals surface area contributed by atoms with E-state index in [0.29, 0.717) is 36.2 Å². The average Bonchev–Trinajstić information content (AvgIpc) is 3.63. The Morgan fingerprint density at radius 3 is 2.18 bits per heavy atom. The molecular weight excluding hydrogens is 697 g/mol. The SMILES string of the molecule is CCCCCCCCCC(CCC(C)OC)OC(=O)C(C(=O)Nc1ccccc1)(C(=O)c1ccccc1)n1nnc2cc(OCc3ccc(O)cc3)ccc21. The van der Waals surface area contributed by atoms with Crippen LogP contribution in [-0.2, 0) is 31.2 Å². The largest absolute Gasteiger partial charge is 0.508 e. The molecule has 0 aliphatic heterocycles. The van der Waals surface area contributed by atoms with Crippen molar-refractivity contribution in [1.82, 2.24) is 15.0 Å². The van der Waals surface area contributed by atoms with E-state index in [1.807, 2.05) is 6.92 Å². The summed E-state index contributed by atoms with van der Waals surface area (Å²) in [6.45, 7) is 4.36. The van der Waals surface area contributed by atoms with Crippen molar-refractivity contribution in [3.63, 3.8) is 0 Å². The van der Waals surface area contributed by atoms with E-state index in [1.165, 1.54) is 19.3 Å². The van der Waals surface area contributed by atoms with E-state index in [0.717, 1.165) is 35.9 Å². The molecule has 11 heteroatoms. The number of aromatic nitrogens is 3. The van der Waals surface area contributed by atoms with Crippen LogP contribution in [0.4, 0.5) is 5.69 Å². The molecule has 5 aromatic rings. The number of hydrogen-bond acceptors (Lipinski definition) is 9. The van der Waals surface area contributed by atoms with Gasteiger partial charge in [-0.15, -0.1) is 5.10 Å². The zero-order valence-corrected chi connectivity index (χ0v) is 32.0. The van der Waals surface area contributed by atoms with Gasteiger partial charge in [0.05, 0.1) is 11.6 Å². The Balaban J connectivity index is 1.55. The Bertz CT molecular complexity index is 1970. The van der Waals surface area contributed by atoms with Crippen LogP contribution >= 0.6 is 0 Å². The van der Waals surface area contributed by atoms with Crippen LogP contribution in [0.2, 0.25) is 0 Å². The molecule has 0 saturated carbocycles. The van der Waals surface area contributed by atoms with Crippen molar-refractivity contribution in [2.45, 2.75) is 102 Å². The van der Waals surface area contributed by atoms with E-state index >= 15 is 4.79 Å². The molecule has 2 N–H and O–H groups in total. The number of nitrogens with zero attached hydrogens (tertiary/aromatic N) is 3. The van der Waals surface area contributed by atoms with Crippen molar-refractivity contribution in [3.8, 4) is 11.5 Å². The molecule has 55 heavy (non-hydrogen) atoms. The molecule has 0 fully saturated rings. The van der Waals surface area contributed by atoms with Crippen LogP contribution in [0.15, 0.2) is 103 Å². The predicted molar refractivity (Wildman–Crippen MR) is 212 cm³/mol. The number of Topliss-reactive ketones (excluding diaryl/α,β-unsaturated/α-hetero) is 1. The molecule has 0 aliphatic rings. The van der Waals surface area contributed by atoms with Crippen molar-refractivity contribution in [2.75, 3.05) is 12.4 Å². The number of phenolic OH excluding ortho intramolecular Hbond substituents is 1. The Kier molecular flexibility index (Phi) is 14.9. The van der Waals surface area contributed by atoms with Crippen molar-refractivity contribution in [3.05, 3.63) is 114 Å². The van der Waals surface area contributed by atoms with Gasteiger partial charge in [0, 0.05) is 24.4 Å². The number of ketones is 1. The number of para-hydroxylation sites is 1. The zero-order chi connectivity index (χ0) is 39.0. The number of anilines is 1. The number of unbranched alkanes of at least 4 members (excludes halogenated alkanes) is 6. The third kappa shape index (κ3) is 10.6. The van der Waals surface area contributed by atoms with E-state index in [1.54, 1.807) is 110 Å². The first-order chi connectivity index (χ1) is 26.8. The fourth-order valence-electron chi connectivity index (χ4n) is 6.48. The molecule has 3 unspecified atom stereocenters. The number of hydrogen-bond donors (Lipinski definition) is 2. The lowest BCUT2D eigenvalue weighted by Crippen LogP contribution is -2.59. The van der Waals surface area contributed by atoms with Gasteiger partial charge in [-0.05, 0) is 74.6 Å². The zero-order valence-electron chi connectivity index (χ0n) is 32.0. The highest BCUT2D eigenvalue weighted by Gasteiger charge is 2.59. The molecule has 0 aliphatic carbocycles. The number of fused-ring (bicyclic) bond motifs is 1. The molecule has 1 aromatic heterocycles. The summed E-state index contributed by atoms with van der Waals surface area (Å²) in [4.78, 5) is 44.9. The molecule has 0 saturated heterocycles. The summed E-state index contributed by atoms with van der Waals surface area (Å²) in [5, 5.41) is 21.2. The fraction of sp³-hybridized carbons (Fsp3) is 0.386. The first-order valence-corrected chi connectivity index (χ1v) is 19.2. The van der Waals surface area contributed by atoms with Gasteiger partial charge < -0.3 is 24.6 Å². The lowest BCUT2D eigenvalue weighted by Gasteiger charge is -2.31. The number of carbonyl (C=O) groups is 3. The molecule has 11 nitrogen and oxygen atoms in total. The summed E-state index contributed by atoms with van der Waals surface area (Å²) in [5.41, 5.74) is -0.767. The summed E-state index contributed by atoms with van der Waals surface area (Å²) in [6.07, 6.45) is 8.58. The number of carbonyl (C=O) groups excluding carboxylic acids is 3. The van der Waals surface area contributed by atoms with Crippen molar-refractivity contribution in [2.24, 2.45) is 0 Å². The molecule has 0 radical (unpaired) electrons. The van der Waals surface area contributed by atoms with Crippen LogP contribution < -0.4 is 10.1 Å². The highest BCUT2D eigenvalue weighted by molar-refractivity contribution is 6.31. The molecule has 3 atom stereocenters. The maximum atomic E-state index is 15.1. The number of rotatable bonds is 22. The third-order valence-corrected chi connectivity index (χ3v) is 9.80. The monoisotopic (exact) mass is 748 g/mol. The smallest absolute Gasteiger partial charge is 0.352 e. The minimum atomic E-state index is -2.65. The topological polar surface area (TPSA) is 142 Å². The molecule has 0 spiro atoms. The number of amides is 1. The number of methoxy groups -OCH3 is 1. The predicted octanol–water partition coefficient (Wildman–Crippen LogP) is 8.80.